The fraction of sp³-hybridized carbons (Fsp3) is 0.0769. The van der Waals surface area contributed by atoms with Crippen molar-refractivity contribution in [2.45, 2.75) is 0 Å². The van der Waals surface area contributed by atoms with Gasteiger partial charge < -0.3 is 10.1 Å². The van der Waals surface area contributed by atoms with E-state index in [0.29, 0.717) is 16.0 Å². The summed E-state index contributed by atoms with van der Waals surface area (Å²) in [6.45, 7) is 0. The molecule has 1 aromatic carbocycles. The van der Waals surface area contributed by atoms with Crippen molar-refractivity contribution >= 4 is 33.2 Å². The van der Waals surface area contributed by atoms with E-state index in [1.807, 2.05) is 0 Å². The third-order valence-electron chi connectivity index (χ3n) is 2.61. The van der Waals surface area contributed by atoms with Gasteiger partial charge in [0.05, 0.1) is 29.5 Å². The lowest BCUT2D eigenvalue weighted by Crippen LogP contribution is -2.13. The van der Waals surface area contributed by atoms with Crippen LogP contribution < -0.4 is 10.1 Å². The molecule has 0 aliphatic heterocycles. The third-order valence-corrected chi connectivity index (χ3v) is 3.30. The third kappa shape index (κ3) is 3.54. The lowest BCUT2D eigenvalue weighted by molar-refractivity contribution is -0.384. The van der Waals surface area contributed by atoms with Crippen LogP contribution >= 0.6 is 15.9 Å². The molecule has 0 fully saturated rings. The SMILES string of the molecule is COc1ccc(NC(=O)c2cc([N+](=O)[O-])ccc2Br)cn1. The van der Waals surface area contributed by atoms with E-state index in [1.54, 1.807) is 12.1 Å². The van der Waals surface area contributed by atoms with Crippen molar-refractivity contribution in [3.63, 3.8) is 0 Å². The molecule has 21 heavy (non-hydrogen) atoms. The molecule has 7 nitrogen and oxygen atoms in total. The number of carbonyl (C=O) groups excluding carboxylic acids is 1. The number of halogens is 1. The standard InChI is InChI=1S/C13H10BrN3O4/c1-21-12-5-2-8(7-15-12)16-13(18)10-6-9(17(19)20)3-4-11(10)14/h2-7H,1H3,(H,16,18). The van der Waals surface area contributed by atoms with Crippen LogP contribution in [0, 0.1) is 10.1 Å². The molecule has 0 radical (unpaired) electrons. The molecule has 8 heteroatoms. The molecule has 0 saturated heterocycles. The number of nitro benzene ring substituents is 1. The maximum Gasteiger partial charge on any atom is 0.270 e. The molecule has 0 atom stereocenters. The molecule has 1 amide bonds. The Balaban J connectivity index is 2.23. The summed E-state index contributed by atoms with van der Waals surface area (Å²) in [6.07, 6.45) is 1.43. The van der Waals surface area contributed by atoms with E-state index >= 15 is 0 Å². The number of amides is 1. The van der Waals surface area contributed by atoms with Crippen molar-refractivity contribution in [2.75, 3.05) is 12.4 Å². The van der Waals surface area contributed by atoms with E-state index < -0.39 is 10.8 Å². The summed E-state index contributed by atoms with van der Waals surface area (Å²) in [5, 5.41) is 13.4. The number of non-ortho nitro benzene ring substituents is 1. The highest BCUT2D eigenvalue weighted by Crippen LogP contribution is 2.23. The molecule has 1 N–H and O–H groups in total. The molecule has 2 aromatic rings. The minimum atomic E-state index is -0.557. The number of aromatic nitrogens is 1. The number of nitrogens with one attached hydrogen (secondary N) is 1. The van der Waals surface area contributed by atoms with Crippen molar-refractivity contribution in [1.82, 2.24) is 4.98 Å². The molecule has 0 aliphatic rings. The number of hydrogen-bond donors (Lipinski definition) is 1. The normalized spacial score (nSPS) is 10.0. The fourth-order valence-electron chi connectivity index (χ4n) is 1.57. The Morgan fingerprint density at radius 1 is 1.38 bits per heavy atom. The molecule has 0 aliphatic carbocycles. The zero-order valence-electron chi connectivity index (χ0n) is 10.9. The van der Waals surface area contributed by atoms with Gasteiger partial charge in [0.15, 0.2) is 0 Å². The van der Waals surface area contributed by atoms with Crippen molar-refractivity contribution in [2.24, 2.45) is 0 Å². The van der Waals surface area contributed by atoms with Crippen LogP contribution in [0.5, 0.6) is 5.88 Å². The molecule has 2 rings (SSSR count). The van der Waals surface area contributed by atoms with Gasteiger partial charge in [-0.15, -0.1) is 0 Å². The number of nitro groups is 1. The van der Waals surface area contributed by atoms with Gasteiger partial charge in [-0.25, -0.2) is 4.98 Å². The number of nitrogens with zero attached hydrogens (tertiary/aromatic N) is 2. The number of benzene rings is 1. The van der Waals surface area contributed by atoms with Gasteiger partial charge in [-0.2, -0.15) is 0 Å². The predicted molar refractivity (Wildman–Crippen MR) is 79.5 cm³/mol. The Bertz CT molecular complexity index is 688. The first-order valence-corrected chi connectivity index (χ1v) is 6.56. The van der Waals surface area contributed by atoms with Gasteiger partial charge in [0.1, 0.15) is 0 Å². The molecule has 1 heterocycles. The second-order valence-corrected chi connectivity index (χ2v) is 4.82. The average Bonchev–Trinajstić information content (AvgIpc) is 2.48. The van der Waals surface area contributed by atoms with Crippen LogP contribution in [0.4, 0.5) is 11.4 Å². The quantitative estimate of drug-likeness (QED) is 0.674. The first-order chi connectivity index (χ1) is 10.0. The highest BCUT2D eigenvalue weighted by Gasteiger charge is 2.15. The summed E-state index contributed by atoms with van der Waals surface area (Å²) < 4.78 is 5.38. The Hall–Kier alpha value is -2.48. The molecule has 1 aromatic heterocycles. The van der Waals surface area contributed by atoms with Crippen LogP contribution in [0.1, 0.15) is 10.4 Å². The van der Waals surface area contributed by atoms with Crippen molar-refractivity contribution in [3.05, 3.63) is 56.7 Å². The predicted octanol–water partition coefficient (Wildman–Crippen LogP) is 3.01. The van der Waals surface area contributed by atoms with Crippen molar-refractivity contribution in [3.8, 4) is 5.88 Å². The zero-order chi connectivity index (χ0) is 15.4. The topological polar surface area (TPSA) is 94.4 Å². The number of ether oxygens (including phenoxy) is 1. The Kier molecular flexibility index (Phi) is 4.49. The molecule has 108 valence electrons. The first kappa shape index (κ1) is 14.9. The van der Waals surface area contributed by atoms with Crippen molar-refractivity contribution in [1.29, 1.82) is 0 Å². The maximum atomic E-state index is 12.1. The summed E-state index contributed by atoms with van der Waals surface area (Å²) in [6, 6.07) is 7.19. The second-order valence-electron chi connectivity index (χ2n) is 3.96. The average molecular weight is 352 g/mol. The summed E-state index contributed by atoms with van der Waals surface area (Å²) in [4.78, 5) is 26.3. The smallest absolute Gasteiger partial charge is 0.270 e. The van der Waals surface area contributed by atoms with Gasteiger partial charge in [-0.05, 0) is 28.1 Å². The lowest BCUT2D eigenvalue weighted by Gasteiger charge is -2.07. The summed E-state index contributed by atoms with van der Waals surface area (Å²) in [7, 11) is 1.49. The molecule has 0 saturated carbocycles. The van der Waals surface area contributed by atoms with Gasteiger partial charge in [0.25, 0.3) is 11.6 Å². The molecule has 0 spiro atoms. The lowest BCUT2D eigenvalue weighted by atomic mass is 10.2. The van der Waals surface area contributed by atoms with Crippen LogP contribution in [0.3, 0.4) is 0 Å². The van der Waals surface area contributed by atoms with E-state index in [2.05, 4.69) is 26.2 Å². The number of pyridine rings is 1. The summed E-state index contributed by atoms with van der Waals surface area (Å²) in [5.74, 6) is -0.0536. The van der Waals surface area contributed by atoms with Crippen LogP contribution in [0.2, 0.25) is 0 Å². The number of carbonyl (C=O) groups is 1. The van der Waals surface area contributed by atoms with E-state index in [-0.39, 0.29) is 11.3 Å². The molecular formula is C13H10BrN3O4. The summed E-state index contributed by atoms with van der Waals surface area (Å²) in [5.41, 5.74) is 0.468. The Labute approximate surface area is 128 Å². The summed E-state index contributed by atoms with van der Waals surface area (Å²) >= 11 is 3.20. The van der Waals surface area contributed by atoms with Crippen molar-refractivity contribution < 1.29 is 14.5 Å². The fourth-order valence-corrected chi connectivity index (χ4v) is 2.00. The number of anilines is 1. The Morgan fingerprint density at radius 3 is 2.71 bits per heavy atom. The van der Waals surface area contributed by atoms with Crippen LogP contribution in [0.15, 0.2) is 41.0 Å². The highest BCUT2D eigenvalue weighted by atomic mass is 79.9. The largest absolute Gasteiger partial charge is 0.481 e. The van der Waals surface area contributed by atoms with Crippen LogP contribution in [-0.2, 0) is 0 Å². The zero-order valence-corrected chi connectivity index (χ0v) is 12.5. The minimum absolute atomic E-state index is 0.156. The monoisotopic (exact) mass is 351 g/mol. The molecule has 0 unspecified atom stereocenters. The van der Waals surface area contributed by atoms with Gasteiger partial charge in [0.2, 0.25) is 5.88 Å². The number of rotatable bonds is 4. The Morgan fingerprint density at radius 2 is 2.14 bits per heavy atom. The van der Waals surface area contributed by atoms with Gasteiger partial charge in [-0.3, -0.25) is 14.9 Å². The van der Waals surface area contributed by atoms with E-state index in [9.17, 15) is 14.9 Å². The first-order valence-electron chi connectivity index (χ1n) is 5.76. The van der Waals surface area contributed by atoms with Gasteiger partial charge >= 0.3 is 0 Å². The number of hydrogen-bond acceptors (Lipinski definition) is 5. The van der Waals surface area contributed by atoms with Crippen LogP contribution in [-0.4, -0.2) is 22.9 Å². The van der Waals surface area contributed by atoms with E-state index in [1.165, 1.54) is 31.5 Å². The van der Waals surface area contributed by atoms with Gasteiger partial charge in [0, 0.05) is 22.7 Å². The van der Waals surface area contributed by atoms with Gasteiger partial charge in [-0.1, -0.05) is 0 Å². The molecular weight excluding hydrogens is 342 g/mol. The van der Waals surface area contributed by atoms with Crippen LogP contribution in [0.25, 0.3) is 0 Å². The second kappa shape index (κ2) is 6.31. The minimum Gasteiger partial charge on any atom is -0.481 e. The molecule has 0 bridgehead atoms. The highest BCUT2D eigenvalue weighted by molar-refractivity contribution is 9.10. The maximum absolute atomic E-state index is 12.1. The van der Waals surface area contributed by atoms with E-state index in [4.69, 9.17) is 4.74 Å². The van der Waals surface area contributed by atoms with E-state index in [0.717, 1.165) is 0 Å². The number of methoxy groups -OCH3 is 1.